The number of amides is 2. The first-order chi connectivity index (χ1) is 10.3. The summed E-state index contributed by atoms with van der Waals surface area (Å²) in [6.45, 7) is 4.24. The standard InChI is InChI=1S/C16H20Cl2N2O2/c1-3-10(2)14(21)20-12-6-4-5-11(7-12)9-19-15(22)13-8-16(13,17)18/h4-7,10,13H,3,8-9H2,1-2H3,(H,19,22)(H,20,21). The van der Waals surface area contributed by atoms with Crippen molar-refractivity contribution >= 4 is 40.7 Å². The average Bonchev–Trinajstić information content (AvgIpc) is 3.13. The monoisotopic (exact) mass is 342 g/mol. The Morgan fingerprint density at radius 3 is 2.68 bits per heavy atom. The van der Waals surface area contributed by atoms with Gasteiger partial charge in [-0.2, -0.15) is 0 Å². The summed E-state index contributed by atoms with van der Waals surface area (Å²) in [5.74, 6) is -0.502. The Morgan fingerprint density at radius 1 is 1.41 bits per heavy atom. The molecular formula is C16H20Cl2N2O2. The number of alkyl halides is 2. The Balaban J connectivity index is 1.89. The zero-order chi connectivity index (χ0) is 16.3. The number of halogens is 2. The molecule has 1 aromatic rings. The lowest BCUT2D eigenvalue weighted by Crippen LogP contribution is -2.26. The molecule has 1 aliphatic rings. The number of carbonyl (C=O) groups is 2. The van der Waals surface area contributed by atoms with E-state index in [0.29, 0.717) is 13.0 Å². The van der Waals surface area contributed by atoms with E-state index >= 15 is 0 Å². The third kappa shape index (κ3) is 4.37. The van der Waals surface area contributed by atoms with Gasteiger partial charge in [-0.15, -0.1) is 23.2 Å². The van der Waals surface area contributed by atoms with Gasteiger partial charge in [0.05, 0.1) is 5.92 Å². The minimum Gasteiger partial charge on any atom is -0.352 e. The fourth-order valence-electron chi connectivity index (χ4n) is 2.02. The largest absolute Gasteiger partial charge is 0.352 e. The maximum Gasteiger partial charge on any atom is 0.227 e. The van der Waals surface area contributed by atoms with Crippen molar-refractivity contribution in [2.45, 2.75) is 37.6 Å². The molecule has 1 aromatic carbocycles. The van der Waals surface area contributed by atoms with Gasteiger partial charge in [0.15, 0.2) is 0 Å². The Morgan fingerprint density at radius 2 is 2.09 bits per heavy atom. The maximum atomic E-state index is 11.9. The van der Waals surface area contributed by atoms with Gasteiger partial charge in [-0.25, -0.2) is 0 Å². The van der Waals surface area contributed by atoms with Crippen molar-refractivity contribution in [3.05, 3.63) is 29.8 Å². The summed E-state index contributed by atoms with van der Waals surface area (Å²) < 4.78 is -0.907. The van der Waals surface area contributed by atoms with Crippen LogP contribution in [-0.4, -0.2) is 16.1 Å². The van der Waals surface area contributed by atoms with E-state index in [9.17, 15) is 9.59 Å². The van der Waals surface area contributed by atoms with Crippen LogP contribution in [0.5, 0.6) is 0 Å². The summed E-state index contributed by atoms with van der Waals surface area (Å²) in [4.78, 5) is 23.7. The van der Waals surface area contributed by atoms with E-state index in [1.54, 1.807) is 0 Å². The summed E-state index contributed by atoms with van der Waals surface area (Å²) >= 11 is 11.7. The molecule has 2 N–H and O–H groups in total. The molecular weight excluding hydrogens is 323 g/mol. The van der Waals surface area contributed by atoms with Gasteiger partial charge in [0.25, 0.3) is 0 Å². The second kappa shape index (κ2) is 6.88. The van der Waals surface area contributed by atoms with Gasteiger partial charge in [-0.05, 0) is 30.5 Å². The SMILES string of the molecule is CCC(C)C(=O)Nc1cccc(CNC(=O)C2CC2(Cl)Cl)c1. The molecule has 120 valence electrons. The number of nitrogens with one attached hydrogen (secondary N) is 2. The average molecular weight is 343 g/mol. The van der Waals surface area contributed by atoms with Crippen LogP contribution in [-0.2, 0) is 16.1 Å². The van der Waals surface area contributed by atoms with Crippen LogP contribution in [0.1, 0.15) is 32.3 Å². The van der Waals surface area contributed by atoms with E-state index in [1.165, 1.54) is 0 Å². The number of hydrogen-bond donors (Lipinski definition) is 2. The first-order valence-corrected chi connectivity index (χ1v) is 8.14. The predicted octanol–water partition coefficient (Wildman–Crippen LogP) is 3.48. The Kier molecular flexibility index (Phi) is 5.35. The number of carbonyl (C=O) groups excluding carboxylic acids is 2. The molecule has 1 aliphatic carbocycles. The van der Waals surface area contributed by atoms with Crippen LogP contribution in [0.15, 0.2) is 24.3 Å². The molecule has 0 aliphatic heterocycles. The highest BCUT2D eigenvalue weighted by Crippen LogP contribution is 2.53. The van der Waals surface area contributed by atoms with Gasteiger partial charge in [-0.3, -0.25) is 9.59 Å². The highest BCUT2D eigenvalue weighted by Gasteiger charge is 2.56. The van der Waals surface area contributed by atoms with Gasteiger partial charge < -0.3 is 10.6 Å². The lowest BCUT2D eigenvalue weighted by molar-refractivity contribution is -0.122. The smallest absolute Gasteiger partial charge is 0.227 e. The lowest BCUT2D eigenvalue weighted by atomic mass is 10.1. The molecule has 4 nitrogen and oxygen atoms in total. The van der Waals surface area contributed by atoms with Crippen molar-refractivity contribution in [3.8, 4) is 0 Å². The number of anilines is 1. The van der Waals surface area contributed by atoms with E-state index in [0.717, 1.165) is 17.7 Å². The first kappa shape index (κ1) is 17.1. The summed E-state index contributed by atoms with van der Waals surface area (Å²) in [6, 6.07) is 7.41. The number of benzene rings is 1. The van der Waals surface area contributed by atoms with Crippen LogP contribution in [0.2, 0.25) is 0 Å². The normalized spacial score (nSPS) is 20.1. The molecule has 2 unspecified atom stereocenters. The van der Waals surface area contributed by atoms with E-state index in [-0.39, 0.29) is 23.7 Å². The Labute approximate surface area is 140 Å². The zero-order valence-corrected chi connectivity index (χ0v) is 14.2. The molecule has 6 heteroatoms. The van der Waals surface area contributed by atoms with Gasteiger partial charge in [-0.1, -0.05) is 26.0 Å². The minimum atomic E-state index is -0.907. The van der Waals surface area contributed by atoms with Gasteiger partial charge >= 0.3 is 0 Å². The fourth-order valence-corrected chi connectivity index (χ4v) is 2.53. The van der Waals surface area contributed by atoms with E-state index < -0.39 is 4.33 Å². The van der Waals surface area contributed by atoms with Crippen LogP contribution in [0.25, 0.3) is 0 Å². The molecule has 0 heterocycles. The van der Waals surface area contributed by atoms with E-state index in [1.807, 2.05) is 38.1 Å². The molecule has 1 saturated carbocycles. The molecule has 0 saturated heterocycles. The first-order valence-electron chi connectivity index (χ1n) is 7.39. The van der Waals surface area contributed by atoms with Gasteiger partial charge in [0.2, 0.25) is 11.8 Å². The van der Waals surface area contributed by atoms with E-state index in [2.05, 4.69) is 10.6 Å². The molecule has 0 spiro atoms. The van der Waals surface area contributed by atoms with Crippen LogP contribution < -0.4 is 10.6 Å². The van der Waals surface area contributed by atoms with Crippen LogP contribution >= 0.6 is 23.2 Å². The third-order valence-electron chi connectivity index (χ3n) is 3.86. The third-order valence-corrected chi connectivity index (χ3v) is 4.70. The quantitative estimate of drug-likeness (QED) is 0.777. The summed E-state index contributed by atoms with van der Waals surface area (Å²) in [7, 11) is 0. The van der Waals surface area contributed by atoms with Crippen molar-refractivity contribution in [2.24, 2.45) is 11.8 Å². The highest BCUT2D eigenvalue weighted by molar-refractivity contribution is 6.52. The fraction of sp³-hybridized carbons (Fsp3) is 0.500. The predicted molar refractivity (Wildman–Crippen MR) is 88.9 cm³/mol. The van der Waals surface area contributed by atoms with Crippen LogP contribution in [0.4, 0.5) is 5.69 Å². The molecule has 22 heavy (non-hydrogen) atoms. The second-order valence-corrected chi connectivity index (χ2v) is 7.28. The van der Waals surface area contributed by atoms with Crippen molar-refractivity contribution in [1.82, 2.24) is 5.32 Å². The molecule has 1 fully saturated rings. The maximum absolute atomic E-state index is 11.9. The van der Waals surface area contributed by atoms with Crippen molar-refractivity contribution in [3.63, 3.8) is 0 Å². The van der Waals surface area contributed by atoms with Crippen LogP contribution in [0.3, 0.4) is 0 Å². The van der Waals surface area contributed by atoms with Crippen molar-refractivity contribution < 1.29 is 9.59 Å². The van der Waals surface area contributed by atoms with Crippen molar-refractivity contribution in [2.75, 3.05) is 5.32 Å². The summed E-state index contributed by atoms with van der Waals surface area (Å²) in [5, 5.41) is 5.69. The topological polar surface area (TPSA) is 58.2 Å². The highest BCUT2D eigenvalue weighted by atomic mass is 35.5. The molecule has 2 atom stereocenters. The molecule has 0 radical (unpaired) electrons. The minimum absolute atomic E-state index is 0.00395. The number of hydrogen-bond acceptors (Lipinski definition) is 2. The zero-order valence-electron chi connectivity index (χ0n) is 12.7. The summed E-state index contributed by atoms with van der Waals surface area (Å²) in [6.07, 6.45) is 1.29. The Bertz CT molecular complexity index is 575. The molecule has 2 amide bonds. The molecule has 2 rings (SSSR count). The Hall–Kier alpha value is -1.26. The van der Waals surface area contributed by atoms with Crippen molar-refractivity contribution in [1.29, 1.82) is 0 Å². The van der Waals surface area contributed by atoms with Crippen LogP contribution in [0, 0.1) is 11.8 Å². The number of rotatable bonds is 6. The summed E-state index contributed by atoms with van der Waals surface area (Å²) in [5.41, 5.74) is 1.64. The van der Waals surface area contributed by atoms with E-state index in [4.69, 9.17) is 23.2 Å². The van der Waals surface area contributed by atoms with Gasteiger partial charge in [0.1, 0.15) is 4.33 Å². The lowest BCUT2D eigenvalue weighted by Gasteiger charge is -2.11. The molecule has 0 aromatic heterocycles. The van der Waals surface area contributed by atoms with Gasteiger partial charge in [0, 0.05) is 18.2 Å². The molecule has 0 bridgehead atoms. The second-order valence-electron chi connectivity index (χ2n) is 5.73.